The lowest BCUT2D eigenvalue weighted by atomic mass is 9.88. The number of nitrogen functional groups attached to an aromatic ring is 2. The van der Waals surface area contributed by atoms with E-state index in [2.05, 4.69) is 9.47 Å². The summed E-state index contributed by atoms with van der Waals surface area (Å²) in [4.78, 5) is 52.9. The van der Waals surface area contributed by atoms with Crippen molar-refractivity contribution >= 4 is 47.0 Å². The van der Waals surface area contributed by atoms with E-state index in [0.29, 0.717) is 39.2 Å². The van der Waals surface area contributed by atoms with Crippen molar-refractivity contribution in [3.63, 3.8) is 0 Å². The van der Waals surface area contributed by atoms with Gasteiger partial charge in [-0.1, -0.05) is 48.6 Å². The fourth-order valence-corrected chi connectivity index (χ4v) is 6.12. The third-order valence-electron chi connectivity index (χ3n) is 9.37. The maximum Gasteiger partial charge on any atom is 0.422 e. The predicted molar refractivity (Wildman–Crippen MR) is 231 cm³/mol. The summed E-state index contributed by atoms with van der Waals surface area (Å²) in [6.45, 7) is -1.26. The molecule has 0 aliphatic carbocycles. The number of anilines is 2. The first-order valence-corrected chi connectivity index (χ1v) is 19.3. The number of carbonyl (C=O) groups is 4. The number of hydrogen-bond donors (Lipinski definition) is 2. The number of carbonyl (C=O) groups excluding carboxylic acids is 4. The van der Waals surface area contributed by atoms with E-state index in [4.69, 9.17) is 20.9 Å². The Morgan fingerprint density at radius 2 is 0.938 bits per heavy atom. The van der Waals surface area contributed by atoms with Gasteiger partial charge in [-0.05, 0) is 138 Å². The van der Waals surface area contributed by atoms with Crippen LogP contribution < -0.4 is 30.4 Å². The van der Waals surface area contributed by atoms with E-state index in [0.717, 1.165) is 0 Å². The van der Waals surface area contributed by atoms with Gasteiger partial charge in [-0.25, -0.2) is 9.59 Å². The van der Waals surface area contributed by atoms with Crippen LogP contribution in [0.3, 0.4) is 0 Å². The Labute approximate surface area is 367 Å². The molecule has 0 amide bonds. The Balaban J connectivity index is 1.12. The van der Waals surface area contributed by atoms with E-state index in [9.17, 15) is 45.5 Å². The molecule has 4 N–H and O–H groups in total. The second-order valence-electron chi connectivity index (χ2n) is 14.2. The summed E-state index contributed by atoms with van der Waals surface area (Å²) in [5.41, 5.74) is 16.0. The van der Waals surface area contributed by atoms with Crippen LogP contribution in [0.2, 0.25) is 0 Å². The number of nitrogens with two attached hydrogens (primary N) is 2. The molecule has 16 heteroatoms. The summed E-state index contributed by atoms with van der Waals surface area (Å²) in [6.07, 6.45) is -3.28. The van der Waals surface area contributed by atoms with E-state index >= 15 is 0 Å². The number of hydrogen-bond acceptors (Lipinski definition) is 10. The molecular weight excluding hydrogens is 859 g/mol. The zero-order valence-electron chi connectivity index (χ0n) is 34.0. The van der Waals surface area contributed by atoms with Crippen molar-refractivity contribution in [2.45, 2.75) is 19.3 Å². The molecule has 6 aromatic rings. The van der Waals surface area contributed by atoms with Gasteiger partial charge in [0.25, 0.3) is 0 Å². The maximum atomic E-state index is 13.9. The van der Waals surface area contributed by atoms with Crippen LogP contribution in [0.4, 0.5) is 37.7 Å². The lowest BCUT2D eigenvalue weighted by Crippen LogP contribution is -2.19. The van der Waals surface area contributed by atoms with Gasteiger partial charge in [0.2, 0.25) is 0 Å². The van der Waals surface area contributed by atoms with Crippen molar-refractivity contribution in [3.05, 3.63) is 178 Å². The molecule has 0 saturated carbocycles. The second-order valence-corrected chi connectivity index (χ2v) is 14.2. The van der Waals surface area contributed by atoms with Crippen molar-refractivity contribution < 1.29 is 64.5 Å². The summed E-state index contributed by atoms with van der Waals surface area (Å²) in [7, 11) is 0. The van der Waals surface area contributed by atoms with Crippen molar-refractivity contribution in [3.8, 4) is 34.1 Å². The van der Waals surface area contributed by atoms with Crippen LogP contribution in [0.1, 0.15) is 58.1 Å². The lowest BCUT2D eigenvalue weighted by molar-refractivity contribution is -0.154. The van der Waals surface area contributed by atoms with Crippen molar-refractivity contribution in [2.24, 2.45) is 0 Å². The number of esters is 2. The monoisotopic (exact) mass is 894 g/mol. The van der Waals surface area contributed by atoms with Gasteiger partial charge in [0, 0.05) is 22.5 Å². The summed E-state index contributed by atoms with van der Waals surface area (Å²) < 4.78 is 94.6. The standard InChI is InChI=1S/C49H36F6N2O8/c1-29-42(57)23-22-40(45(29)44(59)25-7-31-4-15-38(16-5-31)65-47(61)33-10-19-36(20-11-33)63-28-49(53,54)55)39-21-12-34(56)26-41(39)43(58)24-6-30-2-13-37(14-3-30)64-46(60)32-8-17-35(18-9-32)62-27-48(50,51)52/h2-26H,27-28,56-57H2,1H3. The molecule has 0 bridgehead atoms. The van der Waals surface area contributed by atoms with E-state index in [1.165, 1.54) is 97.1 Å². The fourth-order valence-electron chi connectivity index (χ4n) is 6.12. The van der Waals surface area contributed by atoms with E-state index in [1.54, 1.807) is 61.5 Å². The predicted octanol–water partition coefficient (Wildman–Crippen LogP) is 10.9. The molecule has 0 aliphatic rings. The first-order chi connectivity index (χ1) is 30.8. The van der Waals surface area contributed by atoms with E-state index < -0.39 is 49.1 Å². The van der Waals surface area contributed by atoms with Crippen LogP contribution in [0.25, 0.3) is 23.3 Å². The normalized spacial score (nSPS) is 11.7. The molecule has 0 aliphatic heterocycles. The van der Waals surface area contributed by atoms with Gasteiger partial charge in [0.1, 0.15) is 23.0 Å². The van der Waals surface area contributed by atoms with Crippen molar-refractivity contribution in [2.75, 3.05) is 24.7 Å². The fraction of sp³-hybridized carbons (Fsp3) is 0.102. The summed E-state index contributed by atoms with van der Waals surface area (Å²) in [6, 6.07) is 30.3. The maximum absolute atomic E-state index is 13.9. The first kappa shape index (κ1) is 46.4. The minimum absolute atomic E-state index is 0.0676. The second kappa shape index (κ2) is 19.9. The quantitative estimate of drug-likeness (QED) is 0.0254. The molecular formula is C49H36F6N2O8. The third kappa shape index (κ3) is 13.0. The Bertz CT molecular complexity index is 2760. The van der Waals surface area contributed by atoms with Crippen LogP contribution in [0, 0.1) is 6.92 Å². The highest BCUT2D eigenvalue weighted by Crippen LogP contribution is 2.34. The topological polar surface area (TPSA) is 157 Å². The average Bonchev–Trinajstić information content (AvgIpc) is 3.27. The van der Waals surface area contributed by atoms with Crippen LogP contribution in [-0.4, -0.2) is 49.1 Å². The number of alkyl halides is 6. The molecule has 6 aromatic carbocycles. The first-order valence-electron chi connectivity index (χ1n) is 19.3. The molecule has 0 atom stereocenters. The van der Waals surface area contributed by atoms with Gasteiger partial charge in [0.05, 0.1) is 11.1 Å². The highest BCUT2D eigenvalue weighted by Gasteiger charge is 2.29. The minimum Gasteiger partial charge on any atom is -0.484 e. The van der Waals surface area contributed by atoms with Crippen LogP contribution >= 0.6 is 0 Å². The van der Waals surface area contributed by atoms with E-state index in [1.807, 2.05) is 0 Å². The van der Waals surface area contributed by atoms with Gasteiger partial charge in [-0.15, -0.1) is 0 Å². The molecule has 0 heterocycles. The molecule has 0 aromatic heterocycles. The molecule has 0 spiro atoms. The largest absolute Gasteiger partial charge is 0.484 e. The SMILES string of the molecule is Cc1c(N)ccc(-c2ccc(N)cc2C(=O)C=Cc2ccc(OC(=O)c3ccc(OCC(F)(F)F)cc3)cc2)c1C(=O)C=Cc1ccc(OC(=O)c2ccc(OCC(F)(F)F)cc2)cc1. The number of halogens is 6. The highest BCUT2D eigenvalue weighted by molar-refractivity contribution is 6.16. The van der Waals surface area contributed by atoms with Gasteiger partial charge < -0.3 is 30.4 Å². The summed E-state index contributed by atoms with van der Waals surface area (Å²) in [5.74, 6) is -2.18. The minimum atomic E-state index is -4.51. The molecule has 0 saturated heterocycles. The highest BCUT2D eigenvalue weighted by atomic mass is 19.4. The molecule has 65 heavy (non-hydrogen) atoms. The number of benzene rings is 6. The third-order valence-corrected chi connectivity index (χ3v) is 9.37. The Morgan fingerprint density at radius 1 is 0.523 bits per heavy atom. The summed E-state index contributed by atoms with van der Waals surface area (Å²) in [5, 5.41) is 0. The van der Waals surface area contributed by atoms with Gasteiger partial charge >= 0.3 is 24.3 Å². The number of allylic oxidation sites excluding steroid dienone is 2. The lowest BCUT2D eigenvalue weighted by Gasteiger charge is -2.16. The van der Waals surface area contributed by atoms with Crippen molar-refractivity contribution in [1.29, 1.82) is 0 Å². The Kier molecular flexibility index (Phi) is 14.2. The zero-order valence-corrected chi connectivity index (χ0v) is 34.0. The number of ether oxygens (including phenoxy) is 4. The number of ketones is 2. The van der Waals surface area contributed by atoms with Gasteiger partial charge in [0.15, 0.2) is 24.8 Å². The Hall–Kier alpha value is -8.14. The molecule has 0 fully saturated rings. The summed E-state index contributed by atoms with van der Waals surface area (Å²) >= 11 is 0. The molecule has 332 valence electrons. The van der Waals surface area contributed by atoms with Crippen molar-refractivity contribution in [1.82, 2.24) is 0 Å². The zero-order chi connectivity index (χ0) is 46.9. The number of rotatable bonds is 15. The van der Waals surface area contributed by atoms with Crippen LogP contribution in [0.5, 0.6) is 23.0 Å². The molecule has 0 radical (unpaired) electrons. The smallest absolute Gasteiger partial charge is 0.422 e. The molecule has 10 nitrogen and oxygen atoms in total. The van der Waals surface area contributed by atoms with Crippen LogP contribution in [-0.2, 0) is 0 Å². The van der Waals surface area contributed by atoms with E-state index in [-0.39, 0.29) is 45.3 Å². The van der Waals surface area contributed by atoms with Gasteiger partial charge in [-0.2, -0.15) is 26.3 Å². The Morgan fingerprint density at radius 3 is 1.38 bits per heavy atom. The van der Waals surface area contributed by atoms with Gasteiger partial charge in [-0.3, -0.25) is 9.59 Å². The molecule has 0 unspecified atom stereocenters. The average molecular weight is 895 g/mol. The van der Waals surface area contributed by atoms with Crippen LogP contribution in [0.15, 0.2) is 140 Å². The molecule has 6 rings (SSSR count).